The minimum Gasteiger partial charge on any atom is -0.383 e. The molecule has 3 aromatic heterocycles. The minimum atomic E-state index is 0.151. The van der Waals surface area contributed by atoms with Crippen LogP contribution in [0, 0.1) is 6.92 Å². The summed E-state index contributed by atoms with van der Waals surface area (Å²) in [6.07, 6.45) is 3.35. The van der Waals surface area contributed by atoms with Crippen molar-refractivity contribution in [2.45, 2.75) is 6.92 Å². The zero-order valence-corrected chi connectivity index (χ0v) is 15.7. The van der Waals surface area contributed by atoms with Gasteiger partial charge in [0, 0.05) is 23.7 Å². The second-order valence-corrected chi connectivity index (χ2v) is 6.78. The van der Waals surface area contributed by atoms with Crippen LogP contribution in [-0.2, 0) is 0 Å². The van der Waals surface area contributed by atoms with Gasteiger partial charge in [-0.3, -0.25) is 0 Å². The highest BCUT2D eigenvalue weighted by Crippen LogP contribution is 2.33. The van der Waals surface area contributed by atoms with Crippen LogP contribution in [-0.4, -0.2) is 24.7 Å². The molecule has 4 rings (SSSR count). The van der Waals surface area contributed by atoms with Crippen molar-refractivity contribution in [2.75, 3.05) is 5.73 Å². The lowest BCUT2D eigenvalue weighted by atomic mass is 10.1. The van der Waals surface area contributed by atoms with Crippen molar-refractivity contribution in [1.82, 2.24) is 24.7 Å². The number of nitrogens with two attached hydrogens (primary N) is 1. The molecule has 0 fully saturated rings. The zero-order chi connectivity index (χ0) is 18.4. The summed E-state index contributed by atoms with van der Waals surface area (Å²) in [6, 6.07) is 7.06. The number of rotatable bonds is 2. The number of nitrogens with zero attached hydrogens (tertiary/aromatic N) is 5. The van der Waals surface area contributed by atoms with Crippen molar-refractivity contribution < 1.29 is 0 Å². The summed E-state index contributed by atoms with van der Waals surface area (Å²) < 4.78 is 1.59. The summed E-state index contributed by atoms with van der Waals surface area (Å²) in [5, 5.41) is 6.38. The average Bonchev–Trinajstić information content (AvgIpc) is 2.99. The molecular formula is C17H11Cl3N6. The molecule has 0 radical (unpaired) electrons. The van der Waals surface area contributed by atoms with Crippen LogP contribution >= 0.6 is 34.8 Å². The summed E-state index contributed by atoms with van der Waals surface area (Å²) in [7, 11) is 0. The van der Waals surface area contributed by atoms with Crippen LogP contribution in [0.15, 0.2) is 36.7 Å². The third-order valence-electron chi connectivity index (χ3n) is 3.85. The zero-order valence-electron chi connectivity index (χ0n) is 13.4. The number of hydrogen-bond acceptors (Lipinski definition) is 5. The fourth-order valence-electron chi connectivity index (χ4n) is 2.71. The van der Waals surface area contributed by atoms with Crippen LogP contribution in [0.1, 0.15) is 5.69 Å². The predicted octanol–water partition coefficient (Wildman–Crippen LogP) is 4.73. The van der Waals surface area contributed by atoms with Gasteiger partial charge in [0.15, 0.2) is 0 Å². The first-order valence-electron chi connectivity index (χ1n) is 7.54. The average molecular weight is 406 g/mol. The molecule has 0 atom stereocenters. The number of anilines is 1. The Morgan fingerprint density at radius 3 is 2.50 bits per heavy atom. The van der Waals surface area contributed by atoms with E-state index in [1.807, 2.05) is 6.92 Å². The molecule has 0 aliphatic heterocycles. The third-order valence-corrected chi connectivity index (χ3v) is 4.63. The van der Waals surface area contributed by atoms with Crippen LogP contribution in [0.3, 0.4) is 0 Å². The van der Waals surface area contributed by atoms with Gasteiger partial charge in [-0.25, -0.2) is 19.6 Å². The second-order valence-electron chi connectivity index (χ2n) is 5.63. The van der Waals surface area contributed by atoms with Crippen LogP contribution in [0.25, 0.3) is 27.8 Å². The van der Waals surface area contributed by atoms with Gasteiger partial charge in [-0.15, -0.1) is 0 Å². The quantitative estimate of drug-likeness (QED) is 0.488. The minimum absolute atomic E-state index is 0.151. The normalized spacial score (nSPS) is 11.2. The van der Waals surface area contributed by atoms with E-state index in [9.17, 15) is 0 Å². The summed E-state index contributed by atoms with van der Waals surface area (Å²) in [5.41, 5.74) is 9.24. The molecule has 0 amide bonds. The molecule has 1 aromatic carbocycles. The van der Waals surface area contributed by atoms with Crippen LogP contribution in [0.5, 0.6) is 0 Å². The SMILES string of the molecule is Cc1cc(-c2cnc(N)c3cn(-c4c(Cl)cccc4Cl)nc23)nc(Cl)n1. The van der Waals surface area contributed by atoms with Gasteiger partial charge >= 0.3 is 0 Å². The highest BCUT2D eigenvalue weighted by molar-refractivity contribution is 6.37. The van der Waals surface area contributed by atoms with E-state index in [0.717, 1.165) is 5.69 Å². The van der Waals surface area contributed by atoms with Gasteiger partial charge < -0.3 is 5.73 Å². The van der Waals surface area contributed by atoms with Gasteiger partial charge in [-0.05, 0) is 36.7 Å². The maximum atomic E-state index is 6.30. The highest BCUT2D eigenvalue weighted by atomic mass is 35.5. The van der Waals surface area contributed by atoms with Crippen LogP contribution < -0.4 is 5.73 Å². The summed E-state index contributed by atoms with van der Waals surface area (Å²) in [4.78, 5) is 12.6. The monoisotopic (exact) mass is 404 g/mol. The molecule has 4 aromatic rings. The smallest absolute Gasteiger partial charge is 0.223 e. The molecule has 0 bridgehead atoms. The second kappa shape index (κ2) is 6.39. The molecule has 0 aliphatic rings. The van der Waals surface area contributed by atoms with E-state index >= 15 is 0 Å². The van der Waals surface area contributed by atoms with Gasteiger partial charge in [-0.1, -0.05) is 29.3 Å². The van der Waals surface area contributed by atoms with Crippen molar-refractivity contribution in [3.8, 4) is 16.9 Å². The Kier molecular flexibility index (Phi) is 4.19. The van der Waals surface area contributed by atoms with Crippen molar-refractivity contribution in [3.05, 3.63) is 57.7 Å². The summed E-state index contributed by atoms with van der Waals surface area (Å²) in [6.45, 7) is 1.83. The largest absolute Gasteiger partial charge is 0.383 e. The Hall–Kier alpha value is -2.41. The molecule has 26 heavy (non-hydrogen) atoms. The predicted molar refractivity (Wildman–Crippen MR) is 104 cm³/mol. The van der Waals surface area contributed by atoms with E-state index in [-0.39, 0.29) is 5.28 Å². The van der Waals surface area contributed by atoms with E-state index < -0.39 is 0 Å². The number of hydrogen-bond donors (Lipinski definition) is 1. The molecule has 0 spiro atoms. The summed E-state index contributed by atoms with van der Waals surface area (Å²) in [5.74, 6) is 0.343. The first kappa shape index (κ1) is 17.0. The molecule has 0 aliphatic carbocycles. The first-order valence-corrected chi connectivity index (χ1v) is 8.67. The maximum absolute atomic E-state index is 6.30. The Labute approximate surface area is 163 Å². The number of pyridine rings is 1. The van der Waals surface area contributed by atoms with E-state index in [1.165, 1.54) is 0 Å². The fourth-order valence-corrected chi connectivity index (χ4v) is 3.50. The van der Waals surface area contributed by atoms with E-state index in [1.54, 1.807) is 41.3 Å². The number of para-hydroxylation sites is 1. The molecule has 2 N–H and O–H groups in total. The lowest BCUT2D eigenvalue weighted by Crippen LogP contribution is -1.97. The molecule has 0 saturated heterocycles. The number of aryl methyl sites for hydroxylation is 1. The van der Waals surface area contributed by atoms with Crippen LogP contribution in [0.2, 0.25) is 15.3 Å². The number of fused-ring (bicyclic) bond motifs is 1. The molecule has 0 saturated carbocycles. The lowest BCUT2D eigenvalue weighted by molar-refractivity contribution is 0.897. The third kappa shape index (κ3) is 2.86. The highest BCUT2D eigenvalue weighted by Gasteiger charge is 2.17. The number of benzene rings is 1. The van der Waals surface area contributed by atoms with Crippen molar-refractivity contribution in [2.24, 2.45) is 0 Å². The number of aromatic nitrogens is 5. The van der Waals surface area contributed by atoms with E-state index in [0.29, 0.717) is 43.7 Å². The van der Waals surface area contributed by atoms with Crippen molar-refractivity contribution in [3.63, 3.8) is 0 Å². The van der Waals surface area contributed by atoms with Crippen molar-refractivity contribution >= 4 is 51.5 Å². The Balaban J connectivity index is 2.00. The fraction of sp³-hybridized carbons (Fsp3) is 0.0588. The van der Waals surface area contributed by atoms with Gasteiger partial charge in [0.25, 0.3) is 0 Å². The molecule has 6 nitrogen and oxygen atoms in total. The Morgan fingerprint density at radius 2 is 1.81 bits per heavy atom. The summed E-state index contributed by atoms with van der Waals surface area (Å²) >= 11 is 18.6. The Bertz CT molecular complexity index is 1110. The van der Waals surface area contributed by atoms with Gasteiger partial charge in [0.2, 0.25) is 5.28 Å². The first-order chi connectivity index (χ1) is 12.4. The number of halogens is 3. The molecule has 130 valence electrons. The molecular weight excluding hydrogens is 395 g/mol. The van der Waals surface area contributed by atoms with Gasteiger partial charge in [0.1, 0.15) is 17.0 Å². The maximum Gasteiger partial charge on any atom is 0.223 e. The van der Waals surface area contributed by atoms with Gasteiger partial charge in [-0.2, -0.15) is 5.10 Å². The number of nitrogen functional groups attached to an aromatic ring is 1. The van der Waals surface area contributed by atoms with E-state index in [4.69, 9.17) is 40.5 Å². The van der Waals surface area contributed by atoms with Gasteiger partial charge in [0.05, 0.1) is 21.1 Å². The lowest BCUT2D eigenvalue weighted by Gasteiger charge is -2.06. The standard InChI is InChI=1S/C17H11Cl3N6/c1-8-5-13(24-17(20)23-8)9-6-22-16(21)10-7-26(25-14(9)10)15-11(18)3-2-4-12(15)19/h2-7H,1H3,(H2,21,22). The Morgan fingerprint density at radius 1 is 1.08 bits per heavy atom. The molecule has 9 heteroatoms. The van der Waals surface area contributed by atoms with Crippen molar-refractivity contribution in [1.29, 1.82) is 0 Å². The van der Waals surface area contributed by atoms with Crippen LogP contribution in [0.4, 0.5) is 5.82 Å². The van der Waals surface area contributed by atoms with E-state index in [2.05, 4.69) is 20.1 Å². The topological polar surface area (TPSA) is 82.5 Å². The molecule has 0 unspecified atom stereocenters. The molecule has 3 heterocycles.